The molecule has 1 aliphatic rings. The first-order valence-electron chi connectivity index (χ1n) is 10.2. The minimum absolute atomic E-state index is 0.0920. The van der Waals surface area contributed by atoms with E-state index in [-0.39, 0.29) is 23.3 Å². The molecule has 0 bridgehead atoms. The van der Waals surface area contributed by atoms with E-state index >= 15 is 0 Å². The molecule has 3 atom stereocenters. The number of aryl methyl sites for hydroxylation is 2. The summed E-state index contributed by atoms with van der Waals surface area (Å²) in [6.07, 6.45) is 2.91. The molecule has 1 aliphatic heterocycles. The van der Waals surface area contributed by atoms with Gasteiger partial charge in [-0.1, -0.05) is 37.3 Å². The standard InChI is InChI=1S/C24H31FN2O/c1-6-24(14-13-18(4)27(24)5)22(19-11-8-12-20(25)15-19)26-23(28)21-16(2)9-7-10-17(21)3/h7-12,15,18,22H,6,13-14H2,1-5H3,(H,26,28). The molecule has 2 aromatic carbocycles. The van der Waals surface area contributed by atoms with Gasteiger partial charge in [0.2, 0.25) is 0 Å². The van der Waals surface area contributed by atoms with Gasteiger partial charge in [-0.15, -0.1) is 0 Å². The number of nitrogens with one attached hydrogen (secondary N) is 1. The fraction of sp³-hybridized carbons (Fsp3) is 0.458. The maximum Gasteiger partial charge on any atom is 0.252 e. The van der Waals surface area contributed by atoms with Crippen LogP contribution in [0, 0.1) is 19.7 Å². The fourth-order valence-electron chi connectivity index (χ4n) is 4.84. The van der Waals surface area contributed by atoms with Crippen molar-refractivity contribution in [3.8, 4) is 0 Å². The highest BCUT2D eigenvalue weighted by Gasteiger charge is 2.48. The molecule has 1 fully saturated rings. The average Bonchev–Trinajstić information content (AvgIpc) is 2.95. The molecule has 0 aliphatic carbocycles. The van der Waals surface area contributed by atoms with Gasteiger partial charge in [0.05, 0.1) is 6.04 Å². The van der Waals surface area contributed by atoms with E-state index in [1.54, 1.807) is 12.1 Å². The number of carbonyl (C=O) groups excluding carboxylic acids is 1. The maximum atomic E-state index is 14.1. The van der Waals surface area contributed by atoms with Crippen molar-refractivity contribution in [3.63, 3.8) is 0 Å². The molecule has 1 N–H and O–H groups in total. The number of amides is 1. The lowest BCUT2D eigenvalue weighted by atomic mass is 9.80. The van der Waals surface area contributed by atoms with Gasteiger partial charge < -0.3 is 5.32 Å². The van der Waals surface area contributed by atoms with Gasteiger partial charge in [0, 0.05) is 17.1 Å². The molecular formula is C24H31FN2O. The van der Waals surface area contributed by atoms with Crippen molar-refractivity contribution in [2.75, 3.05) is 7.05 Å². The maximum absolute atomic E-state index is 14.1. The molecule has 0 spiro atoms. The van der Waals surface area contributed by atoms with Crippen molar-refractivity contribution < 1.29 is 9.18 Å². The van der Waals surface area contributed by atoms with Crippen LogP contribution in [0.3, 0.4) is 0 Å². The van der Waals surface area contributed by atoms with E-state index in [0.717, 1.165) is 36.0 Å². The van der Waals surface area contributed by atoms with Gasteiger partial charge >= 0.3 is 0 Å². The van der Waals surface area contributed by atoms with Crippen LogP contribution in [-0.4, -0.2) is 29.4 Å². The largest absolute Gasteiger partial charge is 0.343 e. The van der Waals surface area contributed by atoms with Gasteiger partial charge in [-0.2, -0.15) is 0 Å². The number of likely N-dealkylation sites (N-methyl/N-ethyl adjacent to an activating group) is 1. The summed E-state index contributed by atoms with van der Waals surface area (Å²) in [5, 5.41) is 3.30. The average molecular weight is 383 g/mol. The van der Waals surface area contributed by atoms with E-state index in [1.807, 2.05) is 38.1 Å². The normalized spacial score (nSPS) is 23.6. The highest BCUT2D eigenvalue weighted by atomic mass is 19.1. The Morgan fingerprint density at radius 1 is 1.25 bits per heavy atom. The number of halogens is 1. The summed E-state index contributed by atoms with van der Waals surface area (Å²) < 4.78 is 14.1. The monoisotopic (exact) mass is 382 g/mol. The van der Waals surface area contributed by atoms with Crippen LogP contribution in [0.5, 0.6) is 0 Å². The summed E-state index contributed by atoms with van der Waals surface area (Å²) in [7, 11) is 2.12. The van der Waals surface area contributed by atoms with E-state index in [9.17, 15) is 9.18 Å². The van der Waals surface area contributed by atoms with Crippen molar-refractivity contribution in [1.82, 2.24) is 10.2 Å². The molecule has 0 aromatic heterocycles. The molecule has 4 heteroatoms. The first-order chi connectivity index (χ1) is 13.3. The Labute approximate surface area is 167 Å². The molecule has 150 valence electrons. The molecular weight excluding hydrogens is 351 g/mol. The summed E-state index contributed by atoms with van der Waals surface area (Å²) in [4.78, 5) is 15.7. The quantitative estimate of drug-likeness (QED) is 0.773. The molecule has 2 aromatic rings. The van der Waals surface area contributed by atoms with Crippen LogP contribution < -0.4 is 5.32 Å². The SMILES string of the molecule is CCC1(C(NC(=O)c2c(C)cccc2C)c2cccc(F)c2)CCC(C)N1C. The Morgan fingerprint density at radius 2 is 1.89 bits per heavy atom. The van der Waals surface area contributed by atoms with E-state index in [4.69, 9.17) is 0 Å². The van der Waals surface area contributed by atoms with Gasteiger partial charge in [-0.25, -0.2) is 4.39 Å². The third kappa shape index (κ3) is 3.58. The molecule has 0 saturated carbocycles. The molecule has 1 amide bonds. The lowest BCUT2D eigenvalue weighted by Crippen LogP contribution is -2.54. The summed E-state index contributed by atoms with van der Waals surface area (Å²) in [5.74, 6) is -0.366. The second kappa shape index (κ2) is 8.04. The number of likely N-dealkylation sites (tertiary alicyclic amines) is 1. The molecule has 3 rings (SSSR count). The number of hydrogen-bond donors (Lipinski definition) is 1. The molecule has 3 nitrogen and oxygen atoms in total. The van der Waals surface area contributed by atoms with E-state index in [0.29, 0.717) is 11.6 Å². The topological polar surface area (TPSA) is 32.3 Å². The summed E-state index contributed by atoms with van der Waals surface area (Å²) >= 11 is 0. The zero-order valence-electron chi connectivity index (χ0n) is 17.6. The van der Waals surface area contributed by atoms with Crippen molar-refractivity contribution in [2.45, 2.75) is 64.6 Å². The highest BCUT2D eigenvalue weighted by Crippen LogP contribution is 2.44. The number of nitrogens with zero attached hydrogens (tertiary/aromatic N) is 1. The minimum Gasteiger partial charge on any atom is -0.343 e. The lowest BCUT2D eigenvalue weighted by Gasteiger charge is -2.44. The van der Waals surface area contributed by atoms with Gasteiger partial charge in [-0.05, 0) is 75.9 Å². The number of carbonyl (C=O) groups is 1. The summed E-state index contributed by atoms with van der Waals surface area (Å²) in [6, 6.07) is 12.7. The molecule has 0 radical (unpaired) electrons. The first-order valence-corrected chi connectivity index (χ1v) is 10.2. The lowest BCUT2D eigenvalue weighted by molar-refractivity contribution is 0.0710. The Hall–Kier alpha value is -2.20. The third-order valence-corrected chi connectivity index (χ3v) is 6.67. The van der Waals surface area contributed by atoms with Gasteiger partial charge in [0.15, 0.2) is 0 Å². The van der Waals surface area contributed by atoms with Crippen LogP contribution in [0.15, 0.2) is 42.5 Å². The van der Waals surface area contributed by atoms with Crippen LogP contribution in [0.2, 0.25) is 0 Å². The second-order valence-electron chi connectivity index (χ2n) is 8.18. The number of rotatable bonds is 5. The zero-order chi connectivity index (χ0) is 20.5. The van der Waals surface area contributed by atoms with Gasteiger partial charge in [0.25, 0.3) is 5.91 Å². The zero-order valence-corrected chi connectivity index (χ0v) is 17.6. The Morgan fingerprint density at radius 3 is 2.43 bits per heavy atom. The van der Waals surface area contributed by atoms with E-state index in [1.165, 1.54) is 6.07 Å². The Kier molecular flexibility index (Phi) is 5.90. The second-order valence-corrected chi connectivity index (χ2v) is 8.18. The Bertz CT molecular complexity index is 845. The number of hydrogen-bond acceptors (Lipinski definition) is 2. The minimum atomic E-state index is -0.283. The van der Waals surface area contributed by atoms with Crippen molar-refractivity contribution in [3.05, 3.63) is 70.5 Å². The van der Waals surface area contributed by atoms with Crippen molar-refractivity contribution >= 4 is 5.91 Å². The van der Waals surface area contributed by atoms with Crippen LogP contribution in [-0.2, 0) is 0 Å². The first kappa shape index (κ1) is 20.5. The fourth-order valence-corrected chi connectivity index (χ4v) is 4.84. The predicted molar refractivity (Wildman–Crippen MR) is 112 cm³/mol. The van der Waals surface area contributed by atoms with E-state index in [2.05, 4.69) is 31.1 Å². The molecule has 1 saturated heterocycles. The molecule has 28 heavy (non-hydrogen) atoms. The summed E-state index contributed by atoms with van der Waals surface area (Å²) in [6.45, 7) is 8.29. The van der Waals surface area contributed by atoms with E-state index < -0.39 is 0 Å². The van der Waals surface area contributed by atoms with Crippen molar-refractivity contribution in [1.29, 1.82) is 0 Å². The number of benzene rings is 2. The Balaban J connectivity index is 2.06. The predicted octanol–water partition coefficient (Wildman–Crippen LogP) is 5.18. The van der Waals surface area contributed by atoms with Crippen molar-refractivity contribution in [2.24, 2.45) is 0 Å². The highest BCUT2D eigenvalue weighted by molar-refractivity contribution is 5.97. The van der Waals surface area contributed by atoms with Gasteiger partial charge in [0.1, 0.15) is 5.82 Å². The molecule has 1 heterocycles. The van der Waals surface area contributed by atoms with Crippen LogP contribution >= 0.6 is 0 Å². The smallest absolute Gasteiger partial charge is 0.252 e. The molecule has 3 unspecified atom stereocenters. The van der Waals surface area contributed by atoms with Crippen LogP contribution in [0.25, 0.3) is 0 Å². The summed E-state index contributed by atoms with van der Waals surface area (Å²) in [5.41, 5.74) is 3.20. The third-order valence-electron chi connectivity index (χ3n) is 6.67. The van der Waals surface area contributed by atoms with Gasteiger partial charge in [-0.3, -0.25) is 9.69 Å². The van der Waals surface area contributed by atoms with Crippen LogP contribution in [0.1, 0.15) is 66.2 Å². The van der Waals surface area contributed by atoms with Crippen LogP contribution in [0.4, 0.5) is 4.39 Å².